The fourth-order valence-corrected chi connectivity index (χ4v) is 0.107. The van der Waals surface area contributed by atoms with Crippen LogP contribution in [0.15, 0.2) is 10.4 Å². The van der Waals surface area contributed by atoms with E-state index in [1.54, 1.807) is 5.43 Å². The standard InChI is InChI=1S/C2H6N4O2/c1-8-6-5-2(7)4-3/h3H2,1H3,(H,4,7). The number of hydrazine groups is 1. The predicted octanol–water partition coefficient (Wildman–Crippen LogP) is -0.417. The van der Waals surface area contributed by atoms with Gasteiger partial charge in [-0.15, -0.1) is 0 Å². The van der Waals surface area contributed by atoms with E-state index in [1.807, 2.05) is 0 Å². The number of carbonyl (C=O) groups excluding carboxylic acids is 1. The minimum Gasteiger partial charge on any atom is -0.383 e. The van der Waals surface area contributed by atoms with Gasteiger partial charge < -0.3 is 4.84 Å². The van der Waals surface area contributed by atoms with Gasteiger partial charge in [0, 0.05) is 5.28 Å². The van der Waals surface area contributed by atoms with Gasteiger partial charge in [-0.05, 0) is 0 Å². The van der Waals surface area contributed by atoms with Crippen molar-refractivity contribution in [1.82, 2.24) is 5.43 Å². The summed E-state index contributed by atoms with van der Waals surface area (Å²) in [6.45, 7) is 0. The molecule has 0 bridgehead atoms. The average Bonchev–Trinajstić information content (AvgIpc) is 1.83. The second-order valence-corrected chi connectivity index (χ2v) is 0.814. The Hall–Kier alpha value is -1.17. The molecule has 0 aromatic carbocycles. The van der Waals surface area contributed by atoms with Crippen molar-refractivity contribution in [3.8, 4) is 0 Å². The highest BCUT2D eigenvalue weighted by atomic mass is 16.6. The molecule has 2 amide bonds. The Kier molecular flexibility index (Phi) is 3.42. The van der Waals surface area contributed by atoms with E-state index < -0.39 is 6.03 Å². The van der Waals surface area contributed by atoms with Gasteiger partial charge in [0.15, 0.2) is 0 Å². The van der Waals surface area contributed by atoms with Crippen LogP contribution in [0, 0.1) is 0 Å². The number of amides is 2. The van der Waals surface area contributed by atoms with Gasteiger partial charge in [0.2, 0.25) is 0 Å². The Morgan fingerprint density at radius 3 is 2.88 bits per heavy atom. The molecule has 0 unspecified atom stereocenters. The molecule has 0 heterocycles. The molecular formula is C2H6N4O2. The summed E-state index contributed by atoms with van der Waals surface area (Å²) in [5, 5.41) is 5.76. The molecule has 0 aliphatic carbocycles. The van der Waals surface area contributed by atoms with Crippen molar-refractivity contribution in [1.29, 1.82) is 0 Å². The number of hydrogen-bond acceptors (Lipinski definition) is 4. The normalized spacial score (nSPS) is 9.25. The van der Waals surface area contributed by atoms with Gasteiger partial charge in [-0.2, -0.15) is 0 Å². The largest absolute Gasteiger partial charge is 0.383 e. The zero-order valence-corrected chi connectivity index (χ0v) is 4.29. The third kappa shape index (κ3) is 3.04. The highest BCUT2D eigenvalue weighted by molar-refractivity contribution is 5.73. The van der Waals surface area contributed by atoms with Crippen molar-refractivity contribution in [2.75, 3.05) is 7.11 Å². The Morgan fingerprint density at radius 2 is 2.50 bits per heavy atom. The van der Waals surface area contributed by atoms with Crippen LogP contribution in [-0.4, -0.2) is 13.1 Å². The number of hydrogen-bond donors (Lipinski definition) is 2. The van der Waals surface area contributed by atoms with Crippen molar-refractivity contribution in [3.63, 3.8) is 0 Å². The van der Waals surface area contributed by atoms with Gasteiger partial charge in [0.1, 0.15) is 7.11 Å². The van der Waals surface area contributed by atoms with E-state index in [1.165, 1.54) is 7.11 Å². The van der Waals surface area contributed by atoms with Gasteiger partial charge in [-0.25, -0.2) is 10.6 Å². The van der Waals surface area contributed by atoms with Crippen LogP contribution in [0.4, 0.5) is 4.79 Å². The second-order valence-electron chi connectivity index (χ2n) is 0.814. The summed E-state index contributed by atoms with van der Waals surface area (Å²) in [4.78, 5) is 14.1. The quantitative estimate of drug-likeness (QED) is 0.212. The molecule has 0 saturated carbocycles. The molecule has 0 fully saturated rings. The number of carbonyl (C=O) groups is 1. The maximum atomic E-state index is 9.99. The third-order valence-electron chi connectivity index (χ3n) is 0.337. The third-order valence-corrected chi connectivity index (χ3v) is 0.337. The van der Waals surface area contributed by atoms with E-state index in [0.29, 0.717) is 0 Å². The maximum Gasteiger partial charge on any atom is 0.376 e. The van der Waals surface area contributed by atoms with E-state index in [2.05, 4.69) is 21.1 Å². The molecule has 8 heavy (non-hydrogen) atoms. The van der Waals surface area contributed by atoms with Crippen LogP contribution in [0.3, 0.4) is 0 Å². The number of nitrogens with one attached hydrogen (secondary N) is 1. The van der Waals surface area contributed by atoms with Crippen LogP contribution in [0.1, 0.15) is 0 Å². The first-order chi connectivity index (χ1) is 3.81. The zero-order chi connectivity index (χ0) is 6.41. The SMILES string of the molecule is CON=NC(=O)NN. The Morgan fingerprint density at radius 1 is 1.88 bits per heavy atom. The molecule has 0 spiro atoms. The number of rotatable bonds is 1. The molecule has 0 atom stereocenters. The Labute approximate surface area is 45.6 Å². The highest BCUT2D eigenvalue weighted by Crippen LogP contribution is 1.73. The van der Waals surface area contributed by atoms with Gasteiger partial charge in [-0.3, -0.25) is 5.43 Å². The Balaban J connectivity index is 3.37. The van der Waals surface area contributed by atoms with E-state index in [9.17, 15) is 4.79 Å². The van der Waals surface area contributed by atoms with E-state index >= 15 is 0 Å². The minimum atomic E-state index is -0.744. The summed E-state index contributed by atoms with van der Waals surface area (Å²) in [7, 11) is 1.27. The lowest BCUT2D eigenvalue weighted by Gasteiger charge is -1.84. The summed E-state index contributed by atoms with van der Waals surface area (Å²) in [5.74, 6) is 4.60. The van der Waals surface area contributed by atoms with Crippen LogP contribution < -0.4 is 11.3 Å². The molecule has 0 aliphatic rings. The van der Waals surface area contributed by atoms with Crippen molar-refractivity contribution in [2.45, 2.75) is 0 Å². The first-order valence-corrected chi connectivity index (χ1v) is 1.76. The van der Waals surface area contributed by atoms with Crippen LogP contribution in [0.2, 0.25) is 0 Å². The van der Waals surface area contributed by atoms with Gasteiger partial charge in [0.05, 0.1) is 0 Å². The Bertz CT molecular complexity index is 100. The molecule has 0 aromatic rings. The van der Waals surface area contributed by atoms with Crippen LogP contribution in [-0.2, 0) is 4.84 Å². The molecule has 6 nitrogen and oxygen atoms in total. The van der Waals surface area contributed by atoms with Gasteiger partial charge in [-0.1, -0.05) is 5.11 Å². The van der Waals surface area contributed by atoms with Gasteiger partial charge >= 0.3 is 6.03 Å². The number of nitrogens with zero attached hydrogens (tertiary/aromatic N) is 2. The summed E-state index contributed by atoms with van der Waals surface area (Å²) >= 11 is 0. The lowest BCUT2D eigenvalue weighted by molar-refractivity contribution is 0.183. The smallest absolute Gasteiger partial charge is 0.376 e. The van der Waals surface area contributed by atoms with Crippen molar-refractivity contribution >= 4 is 6.03 Å². The van der Waals surface area contributed by atoms with E-state index in [0.717, 1.165) is 0 Å². The molecule has 0 rings (SSSR count). The summed E-state index contributed by atoms with van der Waals surface area (Å²) in [6, 6.07) is -0.744. The van der Waals surface area contributed by atoms with Crippen molar-refractivity contribution in [3.05, 3.63) is 0 Å². The average molecular weight is 118 g/mol. The molecular weight excluding hydrogens is 112 g/mol. The lowest BCUT2D eigenvalue weighted by Crippen LogP contribution is -2.26. The second kappa shape index (κ2) is 4.00. The highest BCUT2D eigenvalue weighted by Gasteiger charge is 1.87. The number of urea groups is 1. The molecule has 0 aromatic heterocycles. The first-order valence-electron chi connectivity index (χ1n) is 1.76. The van der Waals surface area contributed by atoms with Crippen LogP contribution >= 0.6 is 0 Å². The fraction of sp³-hybridized carbons (Fsp3) is 0.500. The van der Waals surface area contributed by atoms with Crippen molar-refractivity contribution in [2.24, 2.45) is 16.2 Å². The number of nitrogens with two attached hydrogens (primary N) is 1. The molecule has 3 N–H and O–H groups in total. The lowest BCUT2D eigenvalue weighted by atomic mass is 11.1. The zero-order valence-electron chi connectivity index (χ0n) is 4.29. The fourth-order valence-electron chi connectivity index (χ4n) is 0.107. The summed E-state index contributed by atoms with van der Waals surface area (Å²) in [6.07, 6.45) is 0. The summed E-state index contributed by atoms with van der Waals surface area (Å²) < 4.78 is 0. The summed E-state index contributed by atoms with van der Waals surface area (Å²) in [5.41, 5.74) is 1.72. The monoisotopic (exact) mass is 118 g/mol. The molecule has 0 radical (unpaired) electrons. The molecule has 6 heteroatoms. The van der Waals surface area contributed by atoms with E-state index in [-0.39, 0.29) is 0 Å². The molecule has 0 aliphatic heterocycles. The predicted molar refractivity (Wildman–Crippen MR) is 24.6 cm³/mol. The maximum absolute atomic E-state index is 9.99. The molecule has 0 saturated heterocycles. The minimum absolute atomic E-state index is 0.744. The van der Waals surface area contributed by atoms with E-state index in [4.69, 9.17) is 0 Å². The first kappa shape index (κ1) is 6.83. The topological polar surface area (TPSA) is 89.1 Å². The van der Waals surface area contributed by atoms with Crippen LogP contribution in [0.25, 0.3) is 0 Å². The van der Waals surface area contributed by atoms with Crippen LogP contribution in [0.5, 0.6) is 0 Å². The molecule has 46 valence electrons. The van der Waals surface area contributed by atoms with Gasteiger partial charge in [0.25, 0.3) is 0 Å². The van der Waals surface area contributed by atoms with Crippen molar-refractivity contribution < 1.29 is 9.63 Å².